The summed E-state index contributed by atoms with van der Waals surface area (Å²) in [6.07, 6.45) is 10.8. The van der Waals surface area contributed by atoms with Gasteiger partial charge in [-0.15, -0.1) is 0 Å². The second-order valence-corrected chi connectivity index (χ2v) is 5.84. The molecule has 1 rings (SSSR count). The summed E-state index contributed by atoms with van der Waals surface area (Å²) >= 11 is 0. The Labute approximate surface area is 100 Å². The minimum Gasteiger partial charge on any atom is -0.392 e. The lowest BCUT2D eigenvalue weighted by molar-refractivity contribution is 0.0740. The Morgan fingerprint density at radius 3 is 2.69 bits per heavy atom. The third-order valence-corrected chi connectivity index (χ3v) is 3.64. The molecule has 1 aliphatic carbocycles. The van der Waals surface area contributed by atoms with Crippen molar-refractivity contribution in [3.8, 4) is 0 Å². The van der Waals surface area contributed by atoms with E-state index in [9.17, 15) is 5.11 Å². The molecule has 0 spiro atoms. The Bertz CT molecular complexity index is 273. The van der Waals surface area contributed by atoms with Crippen molar-refractivity contribution in [3.63, 3.8) is 0 Å². The molecule has 1 N–H and O–H groups in total. The summed E-state index contributed by atoms with van der Waals surface area (Å²) in [6, 6.07) is 0. The third kappa shape index (κ3) is 4.13. The normalized spacial score (nSPS) is 36.9. The molecule has 1 nitrogen and oxygen atoms in total. The van der Waals surface area contributed by atoms with Crippen LogP contribution in [-0.4, -0.2) is 11.2 Å². The summed E-state index contributed by atoms with van der Waals surface area (Å²) in [5, 5.41) is 10.2. The molecule has 2 atom stereocenters. The second-order valence-electron chi connectivity index (χ2n) is 5.84. The predicted molar refractivity (Wildman–Crippen MR) is 70.3 cm³/mol. The summed E-state index contributed by atoms with van der Waals surface area (Å²) in [6.45, 7) is 8.67. The predicted octanol–water partition coefficient (Wildman–Crippen LogP) is 4.09. The maximum absolute atomic E-state index is 10.2. The molecule has 0 saturated heterocycles. The minimum absolute atomic E-state index is 0.0983. The monoisotopic (exact) mass is 222 g/mol. The second kappa shape index (κ2) is 5.67. The average Bonchev–Trinajstić information content (AvgIpc) is 2.23. The molecule has 1 heteroatoms. The Hall–Kier alpha value is -0.560. The third-order valence-electron chi connectivity index (χ3n) is 3.64. The van der Waals surface area contributed by atoms with E-state index in [1.807, 2.05) is 0 Å². The lowest BCUT2D eigenvalue weighted by atomic mass is 9.82. The Morgan fingerprint density at radius 2 is 2.00 bits per heavy atom. The summed E-state index contributed by atoms with van der Waals surface area (Å²) in [4.78, 5) is 0. The molecule has 0 unspecified atom stereocenters. The van der Waals surface area contributed by atoms with E-state index in [0.717, 1.165) is 19.3 Å². The van der Waals surface area contributed by atoms with Gasteiger partial charge >= 0.3 is 0 Å². The highest BCUT2D eigenvalue weighted by Crippen LogP contribution is 2.28. The number of aliphatic hydroxyl groups excluding tert-OH is 1. The number of allylic oxidation sites excluding steroid dienone is 3. The fourth-order valence-corrected chi connectivity index (χ4v) is 2.05. The molecular formula is C15H26O. The molecule has 0 heterocycles. The van der Waals surface area contributed by atoms with E-state index < -0.39 is 0 Å². The van der Waals surface area contributed by atoms with Crippen LogP contribution in [0.3, 0.4) is 0 Å². The van der Waals surface area contributed by atoms with Gasteiger partial charge in [-0.3, -0.25) is 0 Å². The zero-order valence-electron chi connectivity index (χ0n) is 11.2. The summed E-state index contributed by atoms with van der Waals surface area (Å²) in [7, 11) is 0. The van der Waals surface area contributed by atoms with Gasteiger partial charge in [-0.2, -0.15) is 0 Å². The fraction of sp³-hybridized carbons (Fsp3) is 0.733. The largest absolute Gasteiger partial charge is 0.392 e. The van der Waals surface area contributed by atoms with Gasteiger partial charge in [-0.05, 0) is 38.5 Å². The maximum atomic E-state index is 10.2. The van der Waals surface area contributed by atoms with E-state index in [4.69, 9.17) is 0 Å². The molecule has 0 aromatic rings. The highest BCUT2D eigenvalue weighted by atomic mass is 16.3. The Balaban J connectivity index is 2.80. The molecule has 0 aliphatic heterocycles. The van der Waals surface area contributed by atoms with E-state index in [-0.39, 0.29) is 11.5 Å². The first kappa shape index (κ1) is 13.5. The van der Waals surface area contributed by atoms with Gasteiger partial charge in [0, 0.05) is 5.41 Å². The van der Waals surface area contributed by atoms with Crippen LogP contribution in [0.4, 0.5) is 0 Å². The SMILES string of the molecule is C/C1=C/CC[C@H](C)/C=C/C(C)(C)[C@H](O)CC1. The lowest BCUT2D eigenvalue weighted by Gasteiger charge is -2.27. The van der Waals surface area contributed by atoms with Gasteiger partial charge in [0.15, 0.2) is 0 Å². The highest BCUT2D eigenvalue weighted by molar-refractivity contribution is 5.05. The van der Waals surface area contributed by atoms with Crippen molar-refractivity contribution < 1.29 is 5.11 Å². The van der Waals surface area contributed by atoms with Crippen molar-refractivity contribution in [3.05, 3.63) is 23.8 Å². The molecule has 92 valence electrons. The molecule has 0 bridgehead atoms. The summed E-state index contributed by atoms with van der Waals surface area (Å²) in [5.74, 6) is 0.605. The van der Waals surface area contributed by atoms with Gasteiger partial charge < -0.3 is 5.11 Å². The van der Waals surface area contributed by atoms with Gasteiger partial charge in [-0.1, -0.05) is 44.6 Å². The van der Waals surface area contributed by atoms with Gasteiger partial charge in [0.05, 0.1) is 6.10 Å². The maximum Gasteiger partial charge on any atom is 0.0628 e. The quantitative estimate of drug-likeness (QED) is 0.612. The molecule has 0 aromatic heterocycles. The van der Waals surface area contributed by atoms with Crippen LogP contribution in [0, 0.1) is 11.3 Å². The molecule has 0 aromatic carbocycles. The number of hydrogen-bond donors (Lipinski definition) is 1. The first-order valence-electron chi connectivity index (χ1n) is 6.45. The fourth-order valence-electron chi connectivity index (χ4n) is 2.05. The van der Waals surface area contributed by atoms with Gasteiger partial charge in [0.25, 0.3) is 0 Å². The Kier molecular flexibility index (Phi) is 4.79. The minimum atomic E-state index is -0.239. The highest BCUT2D eigenvalue weighted by Gasteiger charge is 2.24. The van der Waals surface area contributed by atoms with Crippen LogP contribution < -0.4 is 0 Å². The zero-order chi connectivity index (χ0) is 12.2. The van der Waals surface area contributed by atoms with Crippen LogP contribution in [0.25, 0.3) is 0 Å². The van der Waals surface area contributed by atoms with Crippen molar-refractivity contribution >= 4 is 0 Å². The van der Waals surface area contributed by atoms with Crippen molar-refractivity contribution in [2.45, 2.75) is 59.5 Å². The molecular weight excluding hydrogens is 196 g/mol. The summed E-state index contributed by atoms with van der Waals surface area (Å²) in [5.41, 5.74) is 1.32. The zero-order valence-corrected chi connectivity index (χ0v) is 11.2. The molecule has 0 saturated carbocycles. The topological polar surface area (TPSA) is 20.2 Å². The van der Waals surface area contributed by atoms with Crippen LogP contribution in [-0.2, 0) is 0 Å². The van der Waals surface area contributed by atoms with Crippen molar-refractivity contribution in [2.75, 3.05) is 0 Å². The van der Waals surface area contributed by atoms with E-state index in [0.29, 0.717) is 5.92 Å². The smallest absolute Gasteiger partial charge is 0.0628 e. The van der Waals surface area contributed by atoms with E-state index in [1.54, 1.807) is 0 Å². The lowest BCUT2D eigenvalue weighted by Crippen LogP contribution is -2.27. The van der Waals surface area contributed by atoms with Crippen LogP contribution in [0.2, 0.25) is 0 Å². The molecule has 0 fully saturated rings. The Morgan fingerprint density at radius 1 is 1.31 bits per heavy atom. The van der Waals surface area contributed by atoms with E-state index >= 15 is 0 Å². The van der Waals surface area contributed by atoms with Crippen LogP contribution in [0.1, 0.15) is 53.4 Å². The van der Waals surface area contributed by atoms with Gasteiger partial charge in [-0.25, -0.2) is 0 Å². The van der Waals surface area contributed by atoms with Crippen LogP contribution in [0.15, 0.2) is 23.8 Å². The van der Waals surface area contributed by atoms with Gasteiger partial charge in [0.1, 0.15) is 0 Å². The van der Waals surface area contributed by atoms with Crippen molar-refractivity contribution in [1.82, 2.24) is 0 Å². The van der Waals surface area contributed by atoms with E-state index in [1.165, 1.54) is 12.0 Å². The number of hydrogen-bond acceptors (Lipinski definition) is 1. The number of rotatable bonds is 0. The molecule has 0 amide bonds. The van der Waals surface area contributed by atoms with Gasteiger partial charge in [0.2, 0.25) is 0 Å². The van der Waals surface area contributed by atoms with Crippen molar-refractivity contribution in [1.29, 1.82) is 0 Å². The average molecular weight is 222 g/mol. The van der Waals surface area contributed by atoms with Crippen molar-refractivity contribution in [2.24, 2.45) is 11.3 Å². The summed E-state index contributed by atoms with van der Waals surface area (Å²) < 4.78 is 0. The standard InChI is InChI=1S/C15H26O/c1-12-6-5-7-13(2)10-11-15(3,4)14(16)9-8-12/h6,10-11,13-14,16H,5,7-9H2,1-4H3/b11-10+,12-6-/t13-,14+/m0/s1. The number of aliphatic hydroxyl groups is 1. The van der Waals surface area contributed by atoms with Crippen LogP contribution >= 0.6 is 0 Å². The first-order valence-corrected chi connectivity index (χ1v) is 6.45. The molecule has 1 aliphatic rings. The molecule has 16 heavy (non-hydrogen) atoms. The first-order chi connectivity index (χ1) is 7.42. The van der Waals surface area contributed by atoms with E-state index in [2.05, 4.69) is 45.9 Å². The molecule has 0 radical (unpaired) electrons. The van der Waals surface area contributed by atoms with Crippen LogP contribution in [0.5, 0.6) is 0 Å².